The van der Waals surface area contributed by atoms with Gasteiger partial charge in [0.1, 0.15) is 5.82 Å². The Morgan fingerprint density at radius 3 is 2.71 bits per heavy atom. The number of aryl methyl sites for hydroxylation is 1. The van der Waals surface area contributed by atoms with Crippen LogP contribution in [0.4, 0.5) is 0 Å². The lowest BCUT2D eigenvalue weighted by atomic mass is 10.3. The van der Waals surface area contributed by atoms with Gasteiger partial charge in [-0.05, 0) is 26.1 Å². The van der Waals surface area contributed by atoms with Crippen molar-refractivity contribution in [3.8, 4) is 0 Å². The van der Waals surface area contributed by atoms with Crippen LogP contribution in [-0.2, 0) is 23.6 Å². The molecule has 116 valence electrons. The van der Waals surface area contributed by atoms with Gasteiger partial charge in [0.25, 0.3) is 0 Å². The summed E-state index contributed by atoms with van der Waals surface area (Å²) in [5, 5.41) is 0. The van der Waals surface area contributed by atoms with Crippen molar-refractivity contribution < 1.29 is 8.42 Å². The molecule has 0 atom stereocenters. The number of rotatable bonds is 7. The Balaban J connectivity index is 1.95. The molecule has 0 aliphatic rings. The third-order valence-corrected chi connectivity index (χ3v) is 4.89. The third-order valence-electron chi connectivity index (χ3n) is 3.49. The standard InChI is InChI=1S/C14H22N4O2S/c1-4-21(19,20)15-9-10-17(2)11-14-16-12-7-5-6-8-13(12)18(14)3/h5-8,15H,4,9-11H2,1-3H3. The van der Waals surface area contributed by atoms with Crippen LogP contribution in [0.15, 0.2) is 24.3 Å². The van der Waals surface area contributed by atoms with Crippen molar-refractivity contribution in [3.05, 3.63) is 30.1 Å². The molecule has 0 radical (unpaired) electrons. The third kappa shape index (κ3) is 4.03. The molecule has 1 heterocycles. The number of nitrogens with zero attached hydrogens (tertiary/aromatic N) is 3. The summed E-state index contributed by atoms with van der Waals surface area (Å²) in [5.74, 6) is 1.08. The molecule has 2 rings (SSSR count). The van der Waals surface area contributed by atoms with Gasteiger partial charge in [-0.1, -0.05) is 12.1 Å². The van der Waals surface area contributed by atoms with Gasteiger partial charge in [-0.3, -0.25) is 4.90 Å². The fourth-order valence-electron chi connectivity index (χ4n) is 2.15. The van der Waals surface area contributed by atoms with E-state index in [1.807, 2.05) is 38.4 Å². The molecule has 1 N–H and O–H groups in total. The molecular weight excluding hydrogens is 288 g/mol. The monoisotopic (exact) mass is 310 g/mol. The number of likely N-dealkylation sites (N-methyl/N-ethyl adjacent to an activating group) is 1. The topological polar surface area (TPSA) is 67.2 Å². The van der Waals surface area contributed by atoms with Crippen LogP contribution in [0.2, 0.25) is 0 Å². The van der Waals surface area contributed by atoms with Gasteiger partial charge in [0.15, 0.2) is 0 Å². The smallest absolute Gasteiger partial charge is 0.211 e. The van der Waals surface area contributed by atoms with Crippen LogP contribution in [0.25, 0.3) is 11.0 Å². The maximum Gasteiger partial charge on any atom is 0.211 e. The second-order valence-corrected chi connectivity index (χ2v) is 7.21. The highest BCUT2D eigenvalue weighted by atomic mass is 32.2. The number of imidazole rings is 1. The van der Waals surface area contributed by atoms with E-state index >= 15 is 0 Å². The molecule has 7 heteroatoms. The molecule has 1 aromatic heterocycles. The summed E-state index contributed by atoms with van der Waals surface area (Å²) in [6.45, 7) is 3.36. The first-order chi connectivity index (χ1) is 9.93. The molecule has 1 aromatic carbocycles. The zero-order valence-corrected chi connectivity index (χ0v) is 13.5. The Morgan fingerprint density at radius 1 is 1.33 bits per heavy atom. The number of hydrogen-bond donors (Lipinski definition) is 1. The number of benzene rings is 1. The highest BCUT2D eigenvalue weighted by Gasteiger charge is 2.10. The molecule has 0 aliphatic heterocycles. The van der Waals surface area contributed by atoms with E-state index in [0.29, 0.717) is 19.6 Å². The van der Waals surface area contributed by atoms with E-state index in [-0.39, 0.29) is 5.75 Å². The second-order valence-electron chi connectivity index (χ2n) is 5.11. The van der Waals surface area contributed by atoms with Crippen molar-refractivity contribution in [1.29, 1.82) is 0 Å². The maximum atomic E-state index is 11.4. The first-order valence-corrected chi connectivity index (χ1v) is 8.64. The zero-order valence-electron chi connectivity index (χ0n) is 12.7. The van der Waals surface area contributed by atoms with Gasteiger partial charge in [0.2, 0.25) is 10.0 Å². The van der Waals surface area contributed by atoms with Crippen LogP contribution in [0, 0.1) is 0 Å². The maximum absolute atomic E-state index is 11.4. The quantitative estimate of drug-likeness (QED) is 0.826. The highest BCUT2D eigenvalue weighted by Crippen LogP contribution is 2.14. The van der Waals surface area contributed by atoms with Gasteiger partial charge in [-0.2, -0.15) is 0 Å². The molecule has 2 aromatic rings. The molecular formula is C14H22N4O2S. The van der Waals surface area contributed by atoms with Crippen molar-refractivity contribution in [2.45, 2.75) is 13.5 Å². The lowest BCUT2D eigenvalue weighted by molar-refractivity contribution is 0.320. The highest BCUT2D eigenvalue weighted by molar-refractivity contribution is 7.89. The van der Waals surface area contributed by atoms with E-state index in [2.05, 4.69) is 19.2 Å². The molecule has 21 heavy (non-hydrogen) atoms. The summed E-state index contributed by atoms with van der Waals surface area (Å²) >= 11 is 0. The molecule has 0 aliphatic carbocycles. The number of sulfonamides is 1. The van der Waals surface area contributed by atoms with Gasteiger partial charge < -0.3 is 4.57 Å². The Morgan fingerprint density at radius 2 is 2.05 bits per heavy atom. The Bertz CT molecular complexity index is 709. The van der Waals surface area contributed by atoms with E-state index < -0.39 is 10.0 Å². The molecule has 0 unspecified atom stereocenters. The second kappa shape index (κ2) is 6.55. The minimum Gasteiger partial charge on any atom is -0.330 e. The van der Waals surface area contributed by atoms with Crippen LogP contribution in [0.1, 0.15) is 12.7 Å². The minimum atomic E-state index is -3.11. The molecule has 0 spiro atoms. The summed E-state index contributed by atoms with van der Waals surface area (Å²) in [5.41, 5.74) is 2.09. The summed E-state index contributed by atoms with van der Waals surface area (Å²) in [4.78, 5) is 6.66. The molecule has 6 nitrogen and oxygen atoms in total. The largest absolute Gasteiger partial charge is 0.330 e. The van der Waals surface area contributed by atoms with E-state index in [0.717, 1.165) is 16.9 Å². The lowest BCUT2D eigenvalue weighted by Gasteiger charge is -2.16. The Hall–Kier alpha value is -1.44. The van der Waals surface area contributed by atoms with Gasteiger partial charge in [-0.15, -0.1) is 0 Å². The normalized spacial score (nSPS) is 12.4. The van der Waals surface area contributed by atoms with E-state index in [1.54, 1.807) is 6.92 Å². The van der Waals surface area contributed by atoms with Crippen molar-refractivity contribution in [2.24, 2.45) is 7.05 Å². The number of hydrogen-bond acceptors (Lipinski definition) is 4. The first-order valence-electron chi connectivity index (χ1n) is 6.99. The van der Waals surface area contributed by atoms with Crippen LogP contribution in [0.3, 0.4) is 0 Å². The van der Waals surface area contributed by atoms with Crippen molar-refractivity contribution in [3.63, 3.8) is 0 Å². The average molecular weight is 310 g/mol. The molecule has 0 saturated heterocycles. The zero-order chi connectivity index (χ0) is 15.5. The number of fused-ring (bicyclic) bond motifs is 1. The fraction of sp³-hybridized carbons (Fsp3) is 0.500. The van der Waals surface area contributed by atoms with E-state index in [9.17, 15) is 8.42 Å². The average Bonchev–Trinajstić information content (AvgIpc) is 2.76. The van der Waals surface area contributed by atoms with Gasteiger partial charge in [0, 0.05) is 20.1 Å². The van der Waals surface area contributed by atoms with Crippen LogP contribution < -0.4 is 4.72 Å². The Labute approximate surface area is 125 Å². The van der Waals surface area contributed by atoms with Crippen molar-refractivity contribution in [1.82, 2.24) is 19.2 Å². The molecule has 0 bridgehead atoms. The van der Waals surface area contributed by atoms with E-state index in [4.69, 9.17) is 0 Å². The van der Waals surface area contributed by atoms with Gasteiger partial charge in [0.05, 0.1) is 23.3 Å². The van der Waals surface area contributed by atoms with Crippen molar-refractivity contribution in [2.75, 3.05) is 25.9 Å². The summed E-state index contributed by atoms with van der Waals surface area (Å²) in [7, 11) is 0.842. The number of para-hydroxylation sites is 2. The first kappa shape index (κ1) is 15.9. The molecule has 0 fully saturated rings. The number of aromatic nitrogens is 2. The minimum absolute atomic E-state index is 0.113. The van der Waals surface area contributed by atoms with Crippen molar-refractivity contribution >= 4 is 21.1 Å². The number of nitrogens with one attached hydrogen (secondary N) is 1. The summed E-state index contributed by atoms with van der Waals surface area (Å²) in [6, 6.07) is 8.01. The predicted molar refractivity (Wildman–Crippen MR) is 84.5 cm³/mol. The van der Waals surface area contributed by atoms with Crippen LogP contribution in [0.5, 0.6) is 0 Å². The SMILES string of the molecule is CCS(=O)(=O)NCCN(C)Cc1nc2ccccc2n1C. The van der Waals surface area contributed by atoms with E-state index in [1.165, 1.54) is 0 Å². The fourth-order valence-corrected chi connectivity index (χ4v) is 2.76. The molecule has 0 saturated carbocycles. The molecule has 0 amide bonds. The van der Waals surface area contributed by atoms with Gasteiger partial charge >= 0.3 is 0 Å². The predicted octanol–water partition coefficient (Wildman–Crippen LogP) is 0.944. The Kier molecular flexibility index (Phi) is 4.97. The van der Waals surface area contributed by atoms with Crippen LogP contribution in [-0.4, -0.2) is 48.8 Å². The summed E-state index contributed by atoms with van der Waals surface area (Å²) < 4.78 is 27.4. The van der Waals surface area contributed by atoms with Crippen LogP contribution >= 0.6 is 0 Å². The van der Waals surface area contributed by atoms with Gasteiger partial charge in [-0.25, -0.2) is 18.1 Å². The summed E-state index contributed by atoms with van der Waals surface area (Å²) in [6.07, 6.45) is 0. The lowest BCUT2D eigenvalue weighted by Crippen LogP contribution is -2.33.